The van der Waals surface area contributed by atoms with Gasteiger partial charge in [-0.25, -0.2) is 9.78 Å². The molecule has 0 aliphatic heterocycles. The summed E-state index contributed by atoms with van der Waals surface area (Å²) in [5.74, 6) is 0. The maximum Gasteiger partial charge on any atom is 0.389 e. The molecule has 0 fully saturated rings. The molecule has 35 heavy (non-hydrogen) atoms. The molecule has 190 valence electrons. The predicted molar refractivity (Wildman–Crippen MR) is 130 cm³/mol. The summed E-state index contributed by atoms with van der Waals surface area (Å²) < 4.78 is 45.2. The molecule has 1 aromatic carbocycles. The van der Waals surface area contributed by atoms with Gasteiger partial charge in [-0.2, -0.15) is 13.2 Å². The Morgan fingerprint density at radius 2 is 2.00 bits per heavy atom. The van der Waals surface area contributed by atoms with Gasteiger partial charge in [0.25, 0.3) is 0 Å². The van der Waals surface area contributed by atoms with Crippen molar-refractivity contribution in [1.29, 1.82) is 0 Å². The van der Waals surface area contributed by atoms with E-state index < -0.39 is 18.6 Å². The number of halogens is 3. The van der Waals surface area contributed by atoms with Crippen LogP contribution in [0.4, 0.5) is 18.0 Å². The lowest BCUT2D eigenvalue weighted by Gasteiger charge is -2.31. The van der Waals surface area contributed by atoms with Crippen LogP contribution in [0, 0.1) is 0 Å². The average Bonchev–Trinajstić information content (AvgIpc) is 3.31. The molecule has 0 aliphatic carbocycles. The van der Waals surface area contributed by atoms with Gasteiger partial charge in [-0.1, -0.05) is 25.1 Å². The van der Waals surface area contributed by atoms with Crippen molar-refractivity contribution in [2.24, 2.45) is 0 Å². The number of urea groups is 1. The van der Waals surface area contributed by atoms with Gasteiger partial charge in [0.1, 0.15) is 5.65 Å². The average molecular weight is 491 g/mol. The summed E-state index contributed by atoms with van der Waals surface area (Å²) in [5, 5.41) is 2.79. The van der Waals surface area contributed by atoms with Crippen molar-refractivity contribution < 1.29 is 22.7 Å². The number of benzene rings is 1. The van der Waals surface area contributed by atoms with E-state index >= 15 is 0 Å². The van der Waals surface area contributed by atoms with E-state index in [1.807, 2.05) is 61.0 Å². The summed E-state index contributed by atoms with van der Waals surface area (Å²) in [6, 6.07) is 8.83. The normalized spacial score (nSPS) is 13.6. The lowest BCUT2D eigenvalue weighted by atomic mass is 9.99. The summed E-state index contributed by atoms with van der Waals surface area (Å²) in [6.45, 7) is 6.42. The zero-order valence-corrected chi connectivity index (χ0v) is 20.6. The molecule has 9 heteroatoms. The van der Waals surface area contributed by atoms with Crippen molar-refractivity contribution in [1.82, 2.24) is 19.6 Å². The lowest BCUT2D eigenvalue weighted by molar-refractivity contribution is -0.136. The molecule has 0 aliphatic rings. The molecular weight excluding hydrogens is 457 g/mol. The zero-order valence-electron chi connectivity index (χ0n) is 20.6. The third kappa shape index (κ3) is 6.75. The SMILES string of the molecule is CCC(CCC(F)(F)F)NC(=O)N(CC)C(C)c1cccc(-c2cc(COC)c3nccn3c2)c1. The highest BCUT2D eigenvalue weighted by atomic mass is 19.4. The van der Waals surface area contributed by atoms with Gasteiger partial charge in [-0.05, 0) is 55.5 Å². The summed E-state index contributed by atoms with van der Waals surface area (Å²) >= 11 is 0. The molecule has 0 saturated heterocycles. The molecule has 2 aromatic heterocycles. The number of fused-ring (bicyclic) bond motifs is 1. The number of rotatable bonds is 10. The Hall–Kier alpha value is -3.07. The molecule has 0 radical (unpaired) electrons. The van der Waals surface area contributed by atoms with Crippen molar-refractivity contribution >= 4 is 11.7 Å². The molecule has 2 unspecified atom stereocenters. The Morgan fingerprint density at radius 1 is 1.23 bits per heavy atom. The molecular formula is C26H33F3N4O2. The number of alkyl halides is 3. The molecule has 2 atom stereocenters. The van der Waals surface area contributed by atoms with E-state index in [0.717, 1.165) is 27.9 Å². The fourth-order valence-electron chi connectivity index (χ4n) is 4.25. The minimum atomic E-state index is -4.24. The number of aromatic nitrogens is 2. The van der Waals surface area contributed by atoms with Crippen LogP contribution in [0.3, 0.4) is 0 Å². The van der Waals surface area contributed by atoms with Crippen molar-refractivity contribution in [3.63, 3.8) is 0 Å². The molecule has 0 bridgehead atoms. The Kier molecular flexibility index (Phi) is 8.77. The summed E-state index contributed by atoms with van der Waals surface area (Å²) in [7, 11) is 1.64. The Morgan fingerprint density at radius 3 is 2.66 bits per heavy atom. The molecule has 2 heterocycles. The number of methoxy groups -OCH3 is 1. The first-order valence-corrected chi connectivity index (χ1v) is 11.9. The van der Waals surface area contributed by atoms with E-state index in [1.165, 1.54) is 0 Å². The number of carbonyl (C=O) groups is 1. The minimum Gasteiger partial charge on any atom is -0.380 e. The van der Waals surface area contributed by atoms with Gasteiger partial charge >= 0.3 is 12.2 Å². The fourth-order valence-corrected chi connectivity index (χ4v) is 4.25. The van der Waals surface area contributed by atoms with E-state index in [0.29, 0.717) is 19.6 Å². The third-order valence-electron chi connectivity index (χ3n) is 6.23. The van der Waals surface area contributed by atoms with E-state index in [1.54, 1.807) is 25.1 Å². The van der Waals surface area contributed by atoms with Crippen LogP contribution < -0.4 is 5.32 Å². The van der Waals surface area contributed by atoms with Gasteiger partial charge in [0, 0.05) is 50.3 Å². The highest BCUT2D eigenvalue weighted by molar-refractivity contribution is 5.75. The summed E-state index contributed by atoms with van der Waals surface area (Å²) in [4.78, 5) is 19.0. The Bertz CT molecular complexity index is 1130. The van der Waals surface area contributed by atoms with Crippen molar-refractivity contribution in [2.45, 2.75) is 64.9 Å². The maximum atomic E-state index is 13.0. The monoisotopic (exact) mass is 490 g/mol. The minimum absolute atomic E-state index is 0.131. The standard InChI is InChI=1S/C26H33F3N4O2/c1-5-23(10-11-26(27,28)29)31-25(34)33(6-2)18(3)19-8-7-9-20(14-19)21-15-22(17-35-4)24-30-12-13-32(24)16-21/h7-9,12-16,18,23H,5-6,10-11,17H2,1-4H3,(H,31,34). The number of nitrogens with zero attached hydrogens (tertiary/aromatic N) is 3. The van der Waals surface area contributed by atoms with Crippen molar-refractivity contribution in [3.05, 3.63) is 60.0 Å². The highest BCUT2D eigenvalue weighted by Crippen LogP contribution is 2.28. The fraction of sp³-hybridized carbons (Fsp3) is 0.462. The molecule has 6 nitrogen and oxygen atoms in total. The first kappa shape index (κ1) is 26.5. The second-order valence-electron chi connectivity index (χ2n) is 8.64. The van der Waals surface area contributed by atoms with E-state index in [2.05, 4.69) is 10.3 Å². The van der Waals surface area contributed by atoms with Crippen LogP contribution in [0.25, 0.3) is 16.8 Å². The van der Waals surface area contributed by atoms with Gasteiger partial charge in [-0.15, -0.1) is 0 Å². The number of amides is 2. The molecule has 3 rings (SSSR count). The third-order valence-corrected chi connectivity index (χ3v) is 6.23. The number of imidazole rings is 1. The number of hydrogen-bond acceptors (Lipinski definition) is 3. The number of pyridine rings is 1. The van der Waals surface area contributed by atoms with E-state index in [9.17, 15) is 18.0 Å². The molecule has 0 saturated carbocycles. The quantitative estimate of drug-likeness (QED) is 0.360. The van der Waals surface area contributed by atoms with Crippen LogP contribution in [0.15, 0.2) is 48.9 Å². The first-order valence-electron chi connectivity index (χ1n) is 11.9. The number of carbonyl (C=O) groups excluding carboxylic acids is 1. The van der Waals surface area contributed by atoms with Crippen LogP contribution in [0.5, 0.6) is 0 Å². The van der Waals surface area contributed by atoms with Gasteiger partial charge in [0.15, 0.2) is 0 Å². The topological polar surface area (TPSA) is 58.9 Å². The van der Waals surface area contributed by atoms with Crippen LogP contribution >= 0.6 is 0 Å². The second-order valence-corrected chi connectivity index (χ2v) is 8.64. The highest BCUT2D eigenvalue weighted by Gasteiger charge is 2.29. The number of nitrogens with one attached hydrogen (secondary N) is 1. The molecule has 2 amide bonds. The van der Waals surface area contributed by atoms with Crippen molar-refractivity contribution in [3.8, 4) is 11.1 Å². The largest absolute Gasteiger partial charge is 0.389 e. The van der Waals surface area contributed by atoms with Crippen LogP contribution in [-0.2, 0) is 11.3 Å². The predicted octanol–water partition coefficient (Wildman–Crippen LogP) is 6.36. The smallest absolute Gasteiger partial charge is 0.380 e. The molecule has 0 spiro atoms. The van der Waals surface area contributed by atoms with Crippen LogP contribution in [-0.4, -0.2) is 46.2 Å². The Balaban J connectivity index is 1.81. The van der Waals surface area contributed by atoms with Gasteiger partial charge < -0.3 is 19.4 Å². The number of hydrogen-bond donors (Lipinski definition) is 1. The van der Waals surface area contributed by atoms with E-state index in [4.69, 9.17) is 4.74 Å². The summed E-state index contributed by atoms with van der Waals surface area (Å²) in [5.41, 5.74) is 4.71. The molecule has 3 aromatic rings. The van der Waals surface area contributed by atoms with Crippen LogP contribution in [0.1, 0.15) is 57.2 Å². The van der Waals surface area contributed by atoms with Gasteiger partial charge in [0.05, 0.1) is 12.6 Å². The second kappa shape index (κ2) is 11.6. The van der Waals surface area contributed by atoms with Crippen LogP contribution in [0.2, 0.25) is 0 Å². The molecule has 1 N–H and O–H groups in total. The lowest BCUT2D eigenvalue weighted by Crippen LogP contribution is -2.45. The summed E-state index contributed by atoms with van der Waals surface area (Å²) in [6.07, 6.45) is 0.782. The maximum absolute atomic E-state index is 13.0. The first-order chi connectivity index (χ1) is 16.7. The Labute approximate surface area is 204 Å². The number of ether oxygens (including phenoxy) is 1. The van der Waals surface area contributed by atoms with Gasteiger partial charge in [0.2, 0.25) is 0 Å². The van der Waals surface area contributed by atoms with E-state index in [-0.39, 0.29) is 18.5 Å². The van der Waals surface area contributed by atoms with Gasteiger partial charge in [-0.3, -0.25) is 0 Å². The van der Waals surface area contributed by atoms with Crippen molar-refractivity contribution in [2.75, 3.05) is 13.7 Å². The zero-order chi connectivity index (χ0) is 25.6.